The van der Waals surface area contributed by atoms with E-state index in [1.54, 1.807) is 12.1 Å². The summed E-state index contributed by atoms with van der Waals surface area (Å²) in [5, 5.41) is 0. The molecule has 0 saturated carbocycles. The van der Waals surface area contributed by atoms with Crippen molar-refractivity contribution in [3.8, 4) is 0 Å². The second-order valence-corrected chi connectivity index (χ2v) is 6.24. The fraction of sp³-hybridized carbons (Fsp3) is 0.500. The molecule has 3 saturated heterocycles. The number of hydrogen-bond donors (Lipinski definition) is 1. The van der Waals surface area contributed by atoms with Gasteiger partial charge in [0.2, 0.25) is 11.8 Å². The predicted molar refractivity (Wildman–Crippen MR) is 78.8 cm³/mol. The van der Waals surface area contributed by atoms with Crippen LogP contribution in [0.15, 0.2) is 24.3 Å². The minimum absolute atomic E-state index is 0.137. The van der Waals surface area contributed by atoms with Crippen LogP contribution in [0.3, 0.4) is 0 Å². The zero-order chi connectivity index (χ0) is 15.3. The van der Waals surface area contributed by atoms with Gasteiger partial charge in [-0.05, 0) is 17.7 Å². The molecule has 116 valence electrons. The van der Waals surface area contributed by atoms with Gasteiger partial charge < -0.3 is 15.4 Å². The van der Waals surface area contributed by atoms with E-state index in [4.69, 9.17) is 10.5 Å². The summed E-state index contributed by atoms with van der Waals surface area (Å²) in [6.45, 7) is 3.04. The van der Waals surface area contributed by atoms with Gasteiger partial charge in [-0.25, -0.2) is 0 Å². The van der Waals surface area contributed by atoms with E-state index in [1.807, 2.05) is 17.0 Å². The van der Waals surface area contributed by atoms with E-state index in [9.17, 15) is 9.59 Å². The summed E-state index contributed by atoms with van der Waals surface area (Å²) in [4.78, 5) is 27.5. The molecule has 0 aromatic heterocycles. The van der Waals surface area contributed by atoms with E-state index in [1.165, 1.54) is 0 Å². The Morgan fingerprint density at radius 1 is 1.32 bits per heavy atom. The first-order valence-corrected chi connectivity index (χ1v) is 7.67. The first-order chi connectivity index (χ1) is 10.6. The topological polar surface area (TPSA) is 75.9 Å². The van der Waals surface area contributed by atoms with Gasteiger partial charge in [-0.15, -0.1) is 0 Å². The van der Waals surface area contributed by atoms with Crippen LogP contribution in [0.1, 0.15) is 28.8 Å². The molecule has 0 unspecified atom stereocenters. The summed E-state index contributed by atoms with van der Waals surface area (Å²) < 4.78 is 5.98. The van der Waals surface area contributed by atoms with E-state index in [-0.39, 0.29) is 17.7 Å². The summed E-state index contributed by atoms with van der Waals surface area (Å²) in [7, 11) is 0. The third kappa shape index (κ3) is 1.87. The molecule has 1 aromatic rings. The molecule has 2 N–H and O–H groups in total. The summed E-state index contributed by atoms with van der Waals surface area (Å²) in [6.07, 6.45) is 1.42. The number of primary amides is 1. The number of benzene rings is 1. The number of carbonyl (C=O) groups excluding carboxylic acids is 2. The van der Waals surface area contributed by atoms with Gasteiger partial charge in [0.15, 0.2) is 5.72 Å². The van der Waals surface area contributed by atoms with Crippen LogP contribution in [-0.2, 0) is 16.1 Å². The highest BCUT2D eigenvalue weighted by Crippen LogP contribution is 2.45. The average Bonchev–Trinajstić information content (AvgIpc) is 3.13. The smallest absolute Gasteiger partial charge is 0.248 e. The molecule has 1 spiro atoms. The molecule has 2 atom stereocenters. The van der Waals surface area contributed by atoms with Crippen molar-refractivity contribution in [2.24, 2.45) is 5.73 Å². The molecule has 2 amide bonds. The van der Waals surface area contributed by atoms with Crippen LogP contribution in [-0.4, -0.2) is 53.1 Å². The fourth-order valence-corrected chi connectivity index (χ4v) is 4.07. The number of nitrogens with two attached hydrogens (primary N) is 1. The van der Waals surface area contributed by atoms with Crippen molar-refractivity contribution >= 4 is 11.8 Å². The molecule has 0 radical (unpaired) electrons. The Balaban J connectivity index is 1.53. The number of rotatable bonds is 3. The fourth-order valence-electron chi connectivity index (χ4n) is 4.07. The lowest BCUT2D eigenvalue weighted by Crippen LogP contribution is -2.47. The number of nitrogens with zero attached hydrogens (tertiary/aromatic N) is 2. The Morgan fingerprint density at radius 2 is 2.09 bits per heavy atom. The lowest BCUT2D eigenvalue weighted by Gasteiger charge is -2.31. The van der Waals surface area contributed by atoms with Crippen LogP contribution in [0.2, 0.25) is 0 Å². The molecule has 3 aliphatic heterocycles. The molecule has 6 heteroatoms. The summed E-state index contributed by atoms with van der Waals surface area (Å²) in [5.74, 6) is -0.209. The molecule has 3 aliphatic rings. The van der Waals surface area contributed by atoms with Gasteiger partial charge in [-0.1, -0.05) is 12.1 Å². The van der Waals surface area contributed by atoms with Gasteiger partial charge in [-0.2, -0.15) is 0 Å². The van der Waals surface area contributed by atoms with E-state index < -0.39 is 5.91 Å². The first kappa shape index (κ1) is 13.7. The van der Waals surface area contributed by atoms with Crippen LogP contribution >= 0.6 is 0 Å². The summed E-state index contributed by atoms with van der Waals surface area (Å²) in [5.41, 5.74) is 6.51. The Bertz CT molecular complexity index is 630. The largest absolute Gasteiger partial charge is 0.366 e. The Kier molecular flexibility index (Phi) is 2.99. The maximum absolute atomic E-state index is 12.1. The quantitative estimate of drug-likeness (QED) is 0.872. The number of likely N-dealkylation sites (tertiary alicyclic amines) is 1. The molecule has 3 heterocycles. The number of hydrogen-bond acceptors (Lipinski definition) is 4. The summed E-state index contributed by atoms with van der Waals surface area (Å²) in [6, 6.07) is 7.49. The minimum atomic E-state index is -0.414. The second-order valence-electron chi connectivity index (χ2n) is 6.24. The zero-order valence-corrected chi connectivity index (χ0v) is 12.3. The molecule has 4 rings (SSSR count). The van der Waals surface area contributed by atoms with Crippen molar-refractivity contribution in [2.75, 3.05) is 19.7 Å². The van der Waals surface area contributed by atoms with E-state index in [0.29, 0.717) is 18.6 Å². The zero-order valence-electron chi connectivity index (χ0n) is 12.3. The molecular formula is C16H19N3O3. The van der Waals surface area contributed by atoms with Crippen LogP contribution in [0.5, 0.6) is 0 Å². The lowest BCUT2D eigenvalue weighted by atomic mass is 10.1. The maximum atomic E-state index is 12.1. The average molecular weight is 301 g/mol. The first-order valence-electron chi connectivity index (χ1n) is 7.67. The van der Waals surface area contributed by atoms with Crippen molar-refractivity contribution < 1.29 is 14.3 Å². The van der Waals surface area contributed by atoms with Gasteiger partial charge in [0, 0.05) is 38.0 Å². The van der Waals surface area contributed by atoms with E-state index >= 15 is 0 Å². The minimum Gasteiger partial charge on any atom is -0.366 e. The standard InChI is InChI=1S/C16H19N3O3/c17-15(21)12-3-1-11(2-4-12)10-18-6-5-16-13(18)9-14(20)19(16)7-8-22-16/h1-4,13H,5-10H2,(H2,17,21)/t13-,16+/m1/s1. The van der Waals surface area contributed by atoms with Gasteiger partial charge in [-0.3, -0.25) is 14.5 Å². The van der Waals surface area contributed by atoms with Crippen molar-refractivity contribution in [3.63, 3.8) is 0 Å². The van der Waals surface area contributed by atoms with Gasteiger partial charge in [0.25, 0.3) is 0 Å². The highest BCUT2D eigenvalue weighted by Gasteiger charge is 2.61. The summed E-state index contributed by atoms with van der Waals surface area (Å²) >= 11 is 0. The van der Waals surface area contributed by atoms with E-state index in [0.717, 1.165) is 31.6 Å². The molecular weight excluding hydrogens is 282 g/mol. The number of ether oxygens (including phenoxy) is 1. The van der Waals surface area contributed by atoms with Gasteiger partial charge >= 0.3 is 0 Å². The highest BCUT2D eigenvalue weighted by atomic mass is 16.5. The Labute approximate surface area is 128 Å². The van der Waals surface area contributed by atoms with Crippen LogP contribution < -0.4 is 5.73 Å². The van der Waals surface area contributed by atoms with Crippen molar-refractivity contribution in [1.29, 1.82) is 0 Å². The molecule has 22 heavy (non-hydrogen) atoms. The monoisotopic (exact) mass is 301 g/mol. The maximum Gasteiger partial charge on any atom is 0.248 e. The van der Waals surface area contributed by atoms with Crippen LogP contribution in [0, 0.1) is 0 Å². The molecule has 6 nitrogen and oxygen atoms in total. The SMILES string of the molecule is NC(=O)c1ccc(CN2CC[C@@]34OCCN3C(=O)C[C@@H]24)cc1. The van der Waals surface area contributed by atoms with E-state index in [2.05, 4.69) is 4.90 Å². The van der Waals surface area contributed by atoms with Gasteiger partial charge in [0.1, 0.15) is 0 Å². The molecule has 0 aliphatic carbocycles. The molecule has 3 fully saturated rings. The molecule has 1 aromatic carbocycles. The Morgan fingerprint density at radius 3 is 2.82 bits per heavy atom. The van der Waals surface area contributed by atoms with Crippen molar-refractivity contribution in [3.05, 3.63) is 35.4 Å². The third-order valence-corrected chi connectivity index (χ3v) is 5.14. The normalized spacial score (nSPS) is 30.6. The van der Waals surface area contributed by atoms with Crippen LogP contribution in [0.25, 0.3) is 0 Å². The van der Waals surface area contributed by atoms with Gasteiger partial charge in [0.05, 0.1) is 12.6 Å². The second kappa shape index (κ2) is 4.79. The van der Waals surface area contributed by atoms with Crippen LogP contribution in [0.4, 0.5) is 0 Å². The third-order valence-electron chi connectivity index (χ3n) is 5.14. The predicted octanol–water partition coefficient (Wildman–Crippen LogP) is 0.319. The number of carbonyl (C=O) groups is 2. The van der Waals surface area contributed by atoms with Crippen molar-refractivity contribution in [1.82, 2.24) is 9.80 Å². The highest BCUT2D eigenvalue weighted by molar-refractivity contribution is 5.92. The Hall–Kier alpha value is -1.92. The number of amides is 2. The lowest BCUT2D eigenvalue weighted by molar-refractivity contribution is -0.136. The molecule has 0 bridgehead atoms. The van der Waals surface area contributed by atoms with Crippen molar-refractivity contribution in [2.45, 2.75) is 31.2 Å².